The molecule has 2 aromatic carbocycles. The lowest BCUT2D eigenvalue weighted by atomic mass is 9.96. The maximum atomic E-state index is 5.35. The summed E-state index contributed by atoms with van der Waals surface area (Å²) in [5, 5.41) is 0. The highest BCUT2D eigenvalue weighted by molar-refractivity contribution is 5.98. The van der Waals surface area contributed by atoms with Crippen molar-refractivity contribution < 1.29 is 4.57 Å². The third-order valence-corrected chi connectivity index (χ3v) is 8.86. The van der Waals surface area contributed by atoms with Crippen molar-refractivity contribution in [2.24, 2.45) is 14.1 Å². The number of rotatable bonds is 1. The number of hydrogen-bond acceptors (Lipinski definition) is 1. The molecule has 3 heterocycles. The van der Waals surface area contributed by atoms with E-state index in [0.717, 1.165) is 17.2 Å². The molecule has 0 atom stereocenters. The topological polar surface area (TPSA) is 31.0 Å². The van der Waals surface area contributed by atoms with Crippen LogP contribution in [-0.2, 0) is 14.1 Å². The predicted molar refractivity (Wildman–Crippen MR) is 137 cm³/mol. The van der Waals surface area contributed by atoms with E-state index in [1.165, 1.54) is 72.4 Å². The van der Waals surface area contributed by atoms with Crippen LogP contribution in [0, 0.1) is 69.2 Å². The average Bonchev–Trinajstić information content (AvgIpc) is 3.38. The third-order valence-electron chi connectivity index (χ3n) is 8.86. The third kappa shape index (κ3) is 2.43. The van der Waals surface area contributed by atoms with E-state index in [1.807, 2.05) is 0 Å². The van der Waals surface area contributed by atoms with Crippen molar-refractivity contribution in [1.82, 2.24) is 18.5 Å². The Morgan fingerprint density at radius 1 is 0.606 bits per heavy atom. The van der Waals surface area contributed by atoms with E-state index in [-0.39, 0.29) is 0 Å². The van der Waals surface area contributed by atoms with Crippen LogP contribution >= 0.6 is 0 Å². The largest absolute Gasteiger partial charge is 0.372 e. The molecule has 5 heteroatoms. The van der Waals surface area contributed by atoms with Crippen molar-refractivity contribution in [3.63, 3.8) is 0 Å². The molecule has 0 unspecified atom stereocenters. The minimum absolute atomic E-state index is 0.989. The first kappa shape index (κ1) is 21.7. The van der Waals surface area contributed by atoms with Gasteiger partial charge in [0.2, 0.25) is 0 Å². The summed E-state index contributed by atoms with van der Waals surface area (Å²) < 4.78 is 9.43. The second kappa shape index (κ2) is 6.72. The van der Waals surface area contributed by atoms with Crippen molar-refractivity contribution in [3.05, 3.63) is 55.9 Å². The number of nitrogens with zero attached hydrogens (tertiary/aromatic N) is 5. The van der Waals surface area contributed by atoms with E-state index in [2.05, 4.69) is 101 Å². The minimum Gasteiger partial charge on any atom is -0.261 e. The van der Waals surface area contributed by atoms with E-state index < -0.39 is 0 Å². The summed E-state index contributed by atoms with van der Waals surface area (Å²) in [5.74, 6) is 2.12. The lowest BCUT2D eigenvalue weighted by molar-refractivity contribution is -0.670. The van der Waals surface area contributed by atoms with Gasteiger partial charge in [0.1, 0.15) is 16.9 Å². The average molecular weight is 443 g/mol. The number of fused-ring (bicyclic) bond motifs is 5. The first-order valence-corrected chi connectivity index (χ1v) is 11.8. The molecule has 0 fully saturated rings. The van der Waals surface area contributed by atoms with Gasteiger partial charge in [0.05, 0.1) is 30.6 Å². The summed E-state index contributed by atoms with van der Waals surface area (Å²) in [5.41, 5.74) is 18.1. The van der Waals surface area contributed by atoms with E-state index >= 15 is 0 Å². The molecule has 0 N–H and O–H groups in total. The summed E-state index contributed by atoms with van der Waals surface area (Å²) in [7, 11) is 4.33. The molecule has 33 heavy (non-hydrogen) atoms. The van der Waals surface area contributed by atoms with Crippen LogP contribution in [0.1, 0.15) is 55.9 Å². The van der Waals surface area contributed by atoms with Gasteiger partial charge >= 0.3 is 5.95 Å². The summed E-state index contributed by atoms with van der Waals surface area (Å²) in [6.07, 6.45) is 0. The summed E-state index contributed by atoms with van der Waals surface area (Å²) in [4.78, 5) is 5.35. The van der Waals surface area contributed by atoms with Gasteiger partial charge in [-0.25, -0.2) is 9.13 Å². The highest BCUT2D eigenvalue weighted by Gasteiger charge is 2.32. The van der Waals surface area contributed by atoms with Crippen molar-refractivity contribution in [1.29, 1.82) is 0 Å². The Labute approximate surface area is 196 Å². The molecule has 0 spiro atoms. The van der Waals surface area contributed by atoms with Gasteiger partial charge in [0.15, 0.2) is 0 Å². The fourth-order valence-electron chi connectivity index (χ4n) is 5.72. The fraction of sp³-hybridized carbons (Fsp3) is 0.429. The zero-order valence-corrected chi connectivity index (χ0v) is 22.2. The smallest absolute Gasteiger partial charge is 0.261 e. The monoisotopic (exact) mass is 442 g/mol. The summed E-state index contributed by atoms with van der Waals surface area (Å²) in [6, 6.07) is 0. The normalized spacial score (nSPS) is 12.2. The van der Waals surface area contributed by atoms with E-state index in [0.29, 0.717) is 0 Å². The van der Waals surface area contributed by atoms with E-state index in [9.17, 15) is 0 Å². The Morgan fingerprint density at radius 3 is 1.61 bits per heavy atom. The summed E-state index contributed by atoms with van der Waals surface area (Å²) >= 11 is 0. The maximum absolute atomic E-state index is 5.35. The number of aromatic nitrogens is 5. The molecule has 0 bridgehead atoms. The Bertz CT molecular complexity index is 1640. The van der Waals surface area contributed by atoms with Gasteiger partial charge in [0, 0.05) is 0 Å². The number of aryl methyl sites for hydroxylation is 4. The second-order valence-electron chi connectivity index (χ2n) is 10.1. The van der Waals surface area contributed by atoms with Gasteiger partial charge in [-0.2, -0.15) is 9.55 Å². The predicted octanol–water partition coefficient (Wildman–Crippen LogP) is 5.68. The van der Waals surface area contributed by atoms with Gasteiger partial charge < -0.3 is 0 Å². The zero-order valence-electron chi connectivity index (χ0n) is 22.2. The Hall–Kier alpha value is -3.08. The molecular weight excluding hydrogens is 406 g/mol. The molecule has 5 rings (SSSR count). The van der Waals surface area contributed by atoms with Crippen LogP contribution < -0.4 is 4.57 Å². The van der Waals surface area contributed by atoms with Gasteiger partial charge in [-0.1, -0.05) is 0 Å². The molecule has 0 aliphatic carbocycles. The molecule has 3 aromatic heterocycles. The van der Waals surface area contributed by atoms with Crippen molar-refractivity contribution in [2.45, 2.75) is 69.2 Å². The van der Waals surface area contributed by atoms with Gasteiger partial charge in [0.25, 0.3) is 5.78 Å². The molecule has 0 saturated carbocycles. The van der Waals surface area contributed by atoms with Crippen molar-refractivity contribution in [3.8, 4) is 5.95 Å². The molecule has 0 amide bonds. The maximum Gasteiger partial charge on any atom is 0.372 e. The van der Waals surface area contributed by atoms with E-state index in [1.54, 1.807) is 0 Å². The quantitative estimate of drug-likeness (QED) is 0.307. The zero-order chi connectivity index (χ0) is 24.3. The summed E-state index contributed by atoms with van der Waals surface area (Å²) in [6.45, 7) is 22.4. The minimum atomic E-state index is 0.989. The Balaban J connectivity index is 2.21. The van der Waals surface area contributed by atoms with Crippen LogP contribution in [0.15, 0.2) is 0 Å². The standard InChI is InChI=1S/C28H36N5/c1-13-14(2)18(6)24-23(17(13)5)29-27-32(24)25-19(7)15(3)16(4)20(8)26(25)33(27)28-30(11)21(9)22(10)31(28)12/h1-12H3/q+1. The van der Waals surface area contributed by atoms with Crippen LogP contribution in [0.5, 0.6) is 0 Å². The second-order valence-corrected chi connectivity index (χ2v) is 10.1. The first-order chi connectivity index (χ1) is 15.4. The molecular formula is C28H36N5+. The number of benzene rings is 2. The van der Waals surface area contributed by atoms with Gasteiger partial charge in [-0.15, -0.1) is 0 Å². The van der Waals surface area contributed by atoms with Crippen LogP contribution in [0.25, 0.3) is 33.8 Å². The molecule has 5 aromatic rings. The highest BCUT2D eigenvalue weighted by Crippen LogP contribution is 2.38. The Morgan fingerprint density at radius 2 is 1.09 bits per heavy atom. The van der Waals surface area contributed by atoms with Crippen molar-refractivity contribution >= 4 is 27.8 Å². The van der Waals surface area contributed by atoms with Crippen LogP contribution in [0.3, 0.4) is 0 Å². The fourth-order valence-corrected chi connectivity index (χ4v) is 5.72. The van der Waals surface area contributed by atoms with E-state index in [4.69, 9.17) is 4.98 Å². The van der Waals surface area contributed by atoms with Crippen molar-refractivity contribution in [2.75, 3.05) is 0 Å². The van der Waals surface area contributed by atoms with Crippen LogP contribution in [0.4, 0.5) is 0 Å². The molecule has 5 nitrogen and oxygen atoms in total. The molecule has 0 aliphatic rings. The van der Waals surface area contributed by atoms with Gasteiger partial charge in [-0.05, 0) is 114 Å². The lowest BCUT2D eigenvalue weighted by Crippen LogP contribution is -2.35. The lowest BCUT2D eigenvalue weighted by Gasteiger charge is -2.13. The Kier molecular flexibility index (Phi) is 4.43. The molecule has 0 saturated heterocycles. The highest BCUT2D eigenvalue weighted by atomic mass is 15.3. The molecule has 0 aliphatic heterocycles. The molecule has 0 radical (unpaired) electrons. The first-order valence-electron chi connectivity index (χ1n) is 11.8. The molecule has 172 valence electrons. The SMILES string of the molecule is Cc1c(C)c(C)c2c(nc3n(-c4n(C)c(C)c(C)[n+]4C)c4c(C)c(C)c(C)c(C)c4n23)c1C. The number of imidazole rings is 3. The number of hydrogen-bond donors (Lipinski definition) is 0. The van der Waals surface area contributed by atoms with Gasteiger partial charge in [-0.3, -0.25) is 4.40 Å². The van der Waals surface area contributed by atoms with Crippen LogP contribution in [-0.4, -0.2) is 18.5 Å². The van der Waals surface area contributed by atoms with Crippen LogP contribution in [0.2, 0.25) is 0 Å².